The van der Waals surface area contributed by atoms with Crippen molar-refractivity contribution in [3.8, 4) is 0 Å². The number of carboxylic acid groups (broad SMARTS) is 1. The van der Waals surface area contributed by atoms with E-state index in [9.17, 15) is 9.59 Å². The van der Waals surface area contributed by atoms with E-state index in [0.29, 0.717) is 51.0 Å². The van der Waals surface area contributed by atoms with E-state index < -0.39 is 12.0 Å². The summed E-state index contributed by atoms with van der Waals surface area (Å²) in [5.74, 6) is -0.0449. The maximum Gasteiger partial charge on any atom is 0.327 e. The van der Waals surface area contributed by atoms with Crippen LogP contribution in [0.4, 0.5) is 0 Å². The molecule has 0 saturated carbocycles. The Hall–Kier alpha value is -0.830. The summed E-state index contributed by atoms with van der Waals surface area (Å²) < 4.78 is 15.3. The summed E-state index contributed by atoms with van der Waals surface area (Å²) in [7, 11) is 1.61. The van der Waals surface area contributed by atoms with Crippen molar-refractivity contribution in [3.63, 3.8) is 0 Å². The average molecular weight is 295 g/mol. The zero-order chi connectivity index (χ0) is 14.3. The van der Waals surface area contributed by atoms with Crippen LogP contribution in [-0.2, 0) is 23.8 Å². The lowest BCUT2D eigenvalue weighted by molar-refractivity contribution is -0.139. The molecule has 7 nitrogen and oxygen atoms in total. The van der Waals surface area contributed by atoms with Gasteiger partial charge in [-0.3, -0.25) is 4.79 Å². The van der Waals surface area contributed by atoms with Gasteiger partial charge in [0.05, 0.1) is 33.0 Å². The predicted octanol–water partition coefficient (Wildman–Crippen LogP) is -0.402. The fraction of sp³-hybridized carbons (Fsp3) is 0.818. The molecule has 0 aliphatic rings. The smallest absolute Gasteiger partial charge is 0.327 e. The molecule has 112 valence electrons. The molecule has 0 heterocycles. The normalized spacial score (nSPS) is 12.1. The van der Waals surface area contributed by atoms with Crippen molar-refractivity contribution in [1.82, 2.24) is 5.32 Å². The Morgan fingerprint density at radius 3 is 2.47 bits per heavy atom. The Morgan fingerprint density at radius 2 is 1.89 bits per heavy atom. The number of amides is 1. The predicted molar refractivity (Wildman–Crippen MR) is 71.5 cm³/mol. The van der Waals surface area contributed by atoms with Gasteiger partial charge in [0.25, 0.3) is 0 Å². The number of hydrogen-bond acceptors (Lipinski definition) is 6. The molecule has 1 unspecified atom stereocenters. The van der Waals surface area contributed by atoms with E-state index in [-0.39, 0.29) is 0 Å². The molecule has 0 radical (unpaired) electrons. The second-order valence-electron chi connectivity index (χ2n) is 3.47. The third kappa shape index (κ3) is 12.0. The van der Waals surface area contributed by atoms with Crippen molar-refractivity contribution in [1.29, 1.82) is 0 Å². The molecule has 0 saturated heterocycles. The molecule has 0 aliphatic carbocycles. The van der Waals surface area contributed by atoms with Crippen LogP contribution in [0.2, 0.25) is 0 Å². The van der Waals surface area contributed by atoms with Crippen LogP contribution >= 0.6 is 11.8 Å². The van der Waals surface area contributed by atoms with Crippen LogP contribution in [-0.4, -0.2) is 75.2 Å². The van der Waals surface area contributed by atoms with Gasteiger partial charge in [-0.15, -0.1) is 0 Å². The van der Waals surface area contributed by atoms with Crippen molar-refractivity contribution in [2.45, 2.75) is 6.04 Å². The highest BCUT2D eigenvalue weighted by molar-refractivity contribution is 7.99. The molecular formula is C11H21NO6S. The molecule has 0 fully saturated rings. The summed E-state index contributed by atoms with van der Waals surface area (Å²) in [6, 6.07) is -0.847. The van der Waals surface area contributed by atoms with E-state index in [1.807, 2.05) is 0 Å². The van der Waals surface area contributed by atoms with Crippen molar-refractivity contribution in [2.75, 3.05) is 51.6 Å². The maximum absolute atomic E-state index is 10.7. The van der Waals surface area contributed by atoms with E-state index in [0.717, 1.165) is 0 Å². The van der Waals surface area contributed by atoms with Crippen LogP contribution in [0.3, 0.4) is 0 Å². The lowest BCUT2D eigenvalue weighted by Crippen LogP contribution is -2.38. The van der Waals surface area contributed by atoms with Gasteiger partial charge < -0.3 is 24.6 Å². The van der Waals surface area contributed by atoms with Gasteiger partial charge in [-0.2, -0.15) is 11.8 Å². The van der Waals surface area contributed by atoms with E-state index in [1.54, 1.807) is 7.11 Å². The summed E-state index contributed by atoms with van der Waals surface area (Å²) in [6.45, 7) is 2.64. The lowest BCUT2D eigenvalue weighted by Gasteiger charge is -2.10. The summed E-state index contributed by atoms with van der Waals surface area (Å²) in [6.07, 6.45) is 0.396. The Morgan fingerprint density at radius 1 is 1.26 bits per heavy atom. The molecule has 1 amide bonds. The first-order chi connectivity index (χ1) is 9.22. The van der Waals surface area contributed by atoms with Crippen molar-refractivity contribution >= 4 is 24.1 Å². The Balaban J connectivity index is 3.29. The van der Waals surface area contributed by atoms with Crippen molar-refractivity contribution in [2.24, 2.45) is 0 Å². The van der Waals surface area contributed by atoms with Gasteiger partial charge in [-0.1, -0.05) is 0 Å². The van der Waals surface area contributed by atoms with E-state index in [1.165, 1.54) is 11.8 Å². The summed E-state index contributed by atoms with van der Waals surface area (Å²) in [5.41, 5.74) is 0. The monoisotopic (exact) mass is 295 g/mol. The van der Waals surface area contributed by atoms with Gasteiger partial charge in [-0.05, 0) is 0 Å². The molecule has 0 aliphatic heterocycles. The number of aliphatic carboxylic acids is 1. The summed E-state index contributed by atoms with van der Waals surface area (Å²) in [5, 5.41) is 11.0. The number of nitrogens with one attached hydrogen (secondary N) is 1. The van der Waals surface area contributed by atoms with Gasteiger partial charge >= 0.3 is 5.97 Å². The first-order valence-corrected chi connectivity index (χ1v) is 7.02. The minimum atomic E-state index is -1.04. The summed E-state index contributed by atoms with van der Waals surface area (Å²) >= 11 is 1.41. The number of carboxylic acids is 1. The number of hydrogen-bond donors (Lipinski definition) is 2. The molecule has 0 aromatic heterocycles. The van der Waals surface area contributed by atoms with E-state index in [4.69, 9.17) is 19.3 Å². The number of rotatable bonds is 14. The second-order valence-corrected chi connectivity index (χ2v) is 4.62. The highest BCUT2D eigenvalue weighted by atomic mass is 32.2. The Labute approximate surface area is 117 Å². The quantitative estimate of drug-likeness (QED) is 0.332. The summed E-state index contributed by atoms with van der Waals surface area (Å²) in [4.78, 5) is 20.9. The van der Waals surface area contributed by atoms with Crippen LogP contribution in [0.25, 0.3) is 0 Å². The van der Waals surface area contributed by atoms with Crippen molar-refractivity contribution in [3.05, 3.63) is 0 Å². The second kappa shape index (κ2) is 13.6. The first kappa shape index (κ1) is 18.2. The average Bonchev–Trinajstić information content (AvgIpc) is 2.39. The van der Waals surface area contributed by atoms with Gasteiger partial charge in [0, 0.05) is 18.6 Å². The molecule has 1 atom stereocenters. The van der Waals surface area contributed by atoms with Gasteiger partial charge in [0.15, 0.2) is 0 Å². The minimum absolute atomic E-state index is 0.321. The van der Waals surface area contributed by atoms with Gasteiger partial charge in [0.1, 0.15) is 6.04 Å². The molecule has 0 spiro atoms. The lowest BCUT2D eigenvalue weighted by atomic mass is 10.3. The van der Waals surface area contributed by atoms with Crippen LogP contribution in [0.5, 0.6) is 0 Å². The van der Waals surface area contributed by atoms with E-state index >= 15 is 0 Å². The zero-order valence-corrected chi connectivity index (χ0v) is 11.8. The molecule has 0 rings (SSSR count). The van der Waals surface area contributed by atoms with Crippen LogP contribution < -0.4 is 5.32 Å². The zero-order valence-electron chi connectivity index (χ0n) is 11.0. The fourth-order valence-electron chi connectivity index (χ4n) is 1.06. The molecular weight excluding hydrogens is 274 g/mol. The molecule has 0 aromatic rings. The van der Waals surface area contributed by atoms with Crippen LogP contribution in [0.1, 0.15) is 0 Å². The largest absolute Gasteiger partial charge is 0.480 e. The topological polar surface area (TPSA) is 94.1 Å². The number of carbonyl (C=O) groups excluding carboxylic acids is 1. The van der Waals surface area contributed by atoms with E-state index in [2.05, 4.69) is 5.32 Å². The van der Waals surface area contributed by atoms with Crippen LogP contribution in [0, 0.1) is 0 Å². The fourth-order valence-corrected chi connectivity index (χ4v) is 1.93. The molecule has 0 bridgehead atoms. The SMILES string of the molecule is COCCOCCOCCSCC(NC=O)C(=O)O. The number of carbonyl (C=O) groups is 2. The van der Waals surface area contributed by atoms with Gasteiger partial charge in [-0.25, -0.2) is 4.79 Å². The highest BCUT2D eigenvalue weighted by Gasteiger charge is 2.15. The number of methoxy groups -OCH3 is 1. The highest BCUT2D eigenvalue weighted by Crippen LogP contribution is 2.03. The molecule has 0 aromatic carbocycles. The molecule has 8 heteroatoms. The first-order valence-electron chi connectivity index (χ1n) is 5.87. The third-order valence-corrected chi connectivity index (χ3v) is 3.05. The minimum Gasteiger partial charge on any atom is -0.480 e. The number of thioether (sulfide) groups is 1. The van der Waals surface area contributed by atoms with Crippen LogP contribution in [0.15, 0.2) is 0 Å². The number of ether oxygens (including phenoxy) is 3. The molecule has 2 N–H and O–H groups in total. The van der Waals surface area contributed by atoms with Gasteiger partial charge in [0.2, 0.25) is 6.41 Å². The Bertz CT molecular complexity index is 241. The molecule has 19 heavy (non-hydrogen) atoms. The maximum atomic E-state index is 10.7. The van der Waals surface area contributed by atoms with Crippen molar-refractivity contribution < 1.29 is 28.9 Å². The third-order valence-electron chi connectivity index (χ3n) is 2.03. The standard InChI is InChI=1S/C11H21NO6S/c1-16-2-3-17-4-5-18-6-7-19-8-10(11(14)15)12-9-13/h9-10H,2-8H2,1H3,(H,12,13)(H,14,15). The Kier molecular flexibility index (Phi) is 13.0.